The molecular formula is C3H7N2O6P. The second-order valence-electron chi connectivity index (χ2n) is 1.79. The van der Waals surface area contributed by atoms with Crippen LogP contribution in [0.2, 0.25) is 0 Å². The summed E-state index contributed by atoms with van der Waals surface area (Å²) in [5, 5.41) is 3.89. The lowest BCUT2D eigenvalue weighted by molar-refractivity contribution is -0.142. The molecule has 70 valence electrons. The van der Waals surface area contributed by atoms with E-state index in [1.807, 2.05) is 5.34 Å². The van der Waals surface area contributed by atoms with Crippen LogP contribution in [0.1, 0.15) is 0 Å². The van der Waals surface area contributed by atoms with Crippen LogP contribution >= 0.6 is 7.60 Å². The number of hydrogen-bond acceptors (Lipinski definition) is 6. The topological polar surface area (TPSA) is 125 Å². The normalized spacial score (nSPS) is 10.8. The minimum absolute atomic E-state index is 0.475. The van der Waals surface area contributed by atoms with E-state index in [0.717, 1.165) is 0 Å². The molecule has 0 aromatic heterocycles. The number of carbonyl (C=O) groups excluding carboxylic acids is 1. The van der Waals surface area contributed by atoms with Crippen molar-refractivity contribution in [2.24, 2.45) is 5.34 Å². The second-order valence-corrected chi connectivity index (χ2v) is 3.43. The maximum absolute atomic E-state index is 10.3. The number of hydrogen-bond donors (Lipinski definition) is 3. The van der Waals surface area contributed by atoms with Gasteiger partial charge in [-0.2, -0.15) is 0 Å². The highest BCUT2D eigenvalue weighted by Crippen LogP contribution is 2.31. The van der Waals surface area contributed by atoms with Crippen LogP contribution in [0, 0.1) is 4.91 Å². The zero-order chi connectivity index (χ0) is 9.61. The molecule has 0 aromatic rings. The van der Waals surface area contributed by atoms with Gasteiger partial charge in [0.15, 0.2) is 5.34 Å². The summed E-state index contributed by atoms with van der Waals surface area (Å²) < 4.78 is 10.2. The van der Waals surface area contributed by atoms with Crippen molar-refractivity contribution in [3.8, 4) is 0 Å². The molecule has 0 heterocycles. The lowest BCUT2D eigenvalue weighted by atomic mass is 10.7. The van der Waals surface area contributed by atoms with Crippen LogP contribution in [0.4, 0.5) is 0 Å². The van der Waals surface area contributed by atoms with Gasteiger partial charge in [-0.1, -0.05) is 0 Å². The van der Waals surface area contributed by atoms with Crippen molar-refractivity contribution in [1.29, 1.82) is 0 Å². The summed E-state index contributed by atoms with van der Waals surface area (Å²) in [5.74, 6) is -1.00. The molecule has 0 fully saturated rings. The number of rotatable bonds is 5. The third-order valence-corrected chi connectivity index (χ3v) is 1.36. The van der Waals surface area contributed by atoms with E-state index >= 15 is 0 Å². The lowest BCUT2D eigenvalue weighted by Gasteiger charge is -2.02. The quantitative estimate of drug-likeness (QED) is 0.292. The van der Waals surface area contributed by atoms with Gasteiger partial charge in [-0.05, 0) is 0 Å². The fraction of sp³-hybridized carbons (Fsp3) is 0.667. The summed E-state index contributed by atoms with van der Waals surface area (Å²) in [6.07, 6.45) is -0.652. The summed E-state index contributed by atoms with van der Waals surface area (Å²) in [4.78, 5) is 39.7. The zero-order valence-corrected chi connectivity index (χ0v) is 6.73. The Bertz CT molecular complexity index is 211. The summed E-state index contributed by atoms with van der Waals surface area (Å²) in [7, 11) is -4.17. The monoisotopic (exact) mass is 198 g/mol. The van der Waals surface area contributed by atoms with Crippen LogP contribution in [-0.2, 0) is 14.2 Å². The molecule has 0 radical (unpaired) electrons. The Labute approximate surface area is 67.0 Å². The highest BCUT2D eigenvalue weighted by molar-refractivity contribution is 7.51. The molecule has 0 saturated carbocycles. The molecule has 0 aliphatic heterocycles. The first-order valence-corrected chi connectivity index (χ1v) is 4.53. The number of nitrogens with one attached hydrogen (secondary N) is 1. The molecule has 0 amide bonds. The van der Waals surface area contributed by atoms with Crippen LogP contribution in [-0.4, -0.2) is 28.6 Å². The SMILES string of the molecule is O=NOC(=O)CNCP(=O)(O)O. The number of carbonyl (C=O) groups is 1. The Morgan fingerprint density at radius 1 is 1.58 bits per heavy atom. The van der Waals surface area contributed by atoms with Crippen molar-refractivity contribution in [2.75, 3.05) is 12.8 Å². The van der Waals surface area contributed by atoms with E-state index in [9.17, 15) is 14.3 Å². The van der Waals surface area contributed by atoms with E-state index in [1.165, 1.54) is 0 Å². The molecule has 0 aliphatic rings. The van der Waals surface area contributed by atoms with E-state index in [1.54, 1.807) is 0 Å². The van der Waals surface area contributed by atoms with Gasteiger partial charge in [-0.3, -0.25) is 14.7 Å². The Morgan fingerprint density at radius 3 is 2.58 bits per heavy atom. The van der Waals surface area contributed by atoms with Crippen LogP contribution in [0.5, 0.6) is 0 Å². The minimum Gasteiger partial charge on any atom is -0.324 e. The van der Waals surface area contributed by atoms with E-state index in [0.29, 0.717) is 0 Å². The summed E-state index contributed by atoms with van der Waals surface area (Å²) in [6, 6.07) is 0. The average molecular weight is 198 g/mol. The summed E-state index contributed by atoms with van der Waals surface area (Å²) in [6.45, 7) is -0.475. The van der Waals surface area contributed by atoms with Gasteiger partial charge in [-0.25, -0.2) is 4.79 Å². The molecule has 3 N–H and O–H groups in total. The van der Waals surface area contributed by atoms with Gasteiger partial charge >= 0.3 is 13.6 Å². The third kappa shape index (κ3) is 7.29. The first kappa shape index (κ1) is 11.2. The van der Waals surface area contributed by atoms with Crippen molar-refractivity contribution in [3.63, 3.8) is 0 Å². The van der Waals surface area contributed by atoms with Crippen molar-refractivity contribution in [3.05, 3.63) is 4.91 Å². The standard InChI is InChI=1S/C3H7N2O6P/c6-3(11-5-7)1-4-2-12(8,9)10/h4H,1-2H2,(H2,8,9,10). The fourth-order valence-electron chi connectivity index (χ4n) is 0.377. The predicted molar refractivity (Wildman–Crippen MR) is 36.8 cm³/mol. The highest BCUT2D eigenvalue weighted by Gasteiger charge is 2.13. The maximum Gasteiger partial charge on any atom is 0.352 e. The second kappa shape index (κ2) is 4.94. The molecule has 0 saturated heterocycles. The predicted octanol–water partition coefficient (Wildman–Crippen LogP) is -1.06. The van der Waals surface area contributed by atoms with E-state index in [-0.39, 0.29) is 0 Å². The van der Waals surface area contributed by atoms with E-state index < -0.39 is 26.4 Å². The Balaban J connectivity index is 3.50. The minimum atomic E-state index is -4.17. The first-order chi connectivity index (χ1) is 5.45. The third-order valence-electron chi connectivity index (χ3n) is 0.726. The maximum atomic E-state index is 10.3. The van der Waals surface area contributed by atoms with Crippen LogP contribution in [0.15, 0.2) is 5.34 Å². The molecule has 12 heavy (non-hydrogen) atoms. The van der Waals surface area contributed by atoms with Crippen LogP contribution < -0.4 is 5.32 Å². The van der Waals surface area contributed by atoms with Gasteiger partial charge in [-0.15, -0.1) is 4.91 Å². The van der Waals surface area contributed by atoms with Crippen molar-refractivity contribution < 1.29 is 24.0 Å². The average Bonchev–Trinajstić information content (AvgIpc) is 1.84. The molecule has 0 unspecified atom stereocenters. The van der Waals surface area contributed by atoms with Crippen molar-refractivity contribution >= 4 is 13.6 Å². The van der Waals surface area contributed by atoms with Crippen molar-refractivity contribution in [1.82, 2.24) is 5.32 Å². The molecule has 0 rings (SSSR count). The molecule has 0 aromatic carbocycles. The van der Waals surface area contributed by atoms with E-state index in [4.69, 9.17) is 9.79 Å². The zero-order valence-electron chi connectivity index (χ0n) is 5.84. The molecular weight excluding hydrogens is 191 g/mol. The van der Waals surface area contributed by atoms with Gasteiger partial charge in [0.05, 0.1) is 12.8 Å². The van der Waals surface area contributed by atoms with Gasteiger partial charge in [0.1, 0.15) is 0 Å². The summed E-state index contributed by atoms with van der Waals surface area (Å²) in [5.41, 5.74) is 0. The van der Waals surface area contributed by atoms with Crippen molar-refractivity contribution in [2.45, 2.75) is 0 Å². The molecule has 0 aliphatic carbocycles. The largest absolute Gasteiger partial charge is 0.352 e. The molecule has 9 heteroatoms. The molecule has 0 bridgehead atoms. The molecule has 0 spiro atoms. The van der Waals surface area contributed by atoms with Gasteiger partial charge < -0.3 is 9.79 Å². The van der Waals surface area contributed by atoms with Gasteiger partial charge in [0.2, 0.25) is 0 Å². The lowest BCUT2D eigenvalue weighted by Crippen LogP contribution is -2.24. The van der Waals surface area contributed by atoms with Gasteiger partial charge in [0, 0.05) is 0 Å². The number of nitrogens with zero attached hydrogens (tertiary/aromatic N) is 1. The summed E-state index contributed by atoms with van der Waals surface area (Å²) >= 11 is 0. The Morgan fingerprint density at radius 2 is 2.17 bits per heavy atom. The fourth-order valence-corrected chi connectivity index (χ4v) is 0.781. The van der Waals surface area contributed by atoms with Gasteiger partial charge in [0.25, 0.3) is 0 Å². The first-order valence-electron chi connectivity index (χ1n) is 2.73. The molecule has 8 nitrogen and oxygen atoms in total. The molecule has 0 atom stereocenters. The Hall–Kier alpha value is -0.820. The van der Waals surface area contributed by atoms with Crippen LogP contribution in [0.3, 0.4) is 0 Å². The Kier molecular flexibility index (Phi) is 4.60. The highest BCUT2D eigenvalue weighted by atomic mass is 31.2. The smallest absolute Gasteiger partial charge is 0.324 e. The van der Waals surface area contributed by atoms with Crippen LogP contribution in [0.25, 0.3) is 0 Å². The van der Waals surface area contributed by atoms with E-state index in [2.05, 4.69) is 10.2 Å².